The van der Waals surface area contributed by atoms with Crippen LogP contribution in [0.15, 0.2) is 11.1 Å². The molecule has 0 fully saturated rings. The molecule has 0 aromatic rings. The Morgan fingerprint density at radius 3 is 1.94 bits per heavy atom. The largest absolute Gasteiger partial charge is 0.479 e. The van der Waals surface area contributed by atoms with Gasteiger partial charge in [-0.25, -0.2) is 4.79 Å². The van der Waals surface area contributed by atoms with Crippen LogP contribution in [0.3, 0.4) is 0 Å². The summed E-state index contributed by atoms with van der Waals surface area (Å²) >= 11 is 0. The van der Waals surface area contributed by atoms with E-state index in [2.05, 4.69) is 0 Å². The van der Waals surface area contributed by atoms with Crippen LogP contribution in [0.25, 0.3) is 0 Å². The fourth-order valence-corrected chi connectivity index (χ4v) is 2.00. The molecule has 0 aromatic carbocycles. The normalized spacial score (nSPS) is 19.9. The zero-order chi connectivity index (χ0) is 13.4. The van der Waals surface area contributed by atoms with Crippen LogP contribution in [-0.4, -0.2) is 33.3 Å². The number of hydrogen-bond acceptors (Lipinski definition) is 3. The monoisotopic (exact) mass is 239 g/mol. The first-order valence-electron chi connectivity index (χ1n) is 5.57. The lowest BCUT2D eigenvalue weighted by Crippen LogP contribution is -2.55. The van der Waals surface area contributed by atoms with Gasteiger partial charge in [-0.2, -0.15) is 0 Å². The number of carboxylic acid groups (broad SMARTS) is 1. The molecule has 0 aliphatic carbocycles. The van der Waals surface area contributed by atoms with Crippen molar-refractivity contribution < 1.29 is 19.5 Å². The van der Waals surface area contributed by atoms with E-state index < -0.39 is 23.3 Å². The lowest BCUT2D eigenvalue weighted by Gasteiger charge is -2.33. The molecule has 1 aliphatic heterocycles. The van der Waals surface area contributed by atoms with Gasteiger partial charge in [0.25, 0.3) is 11.8 Å². The minimum Gasteiger partial charge on any atom is -0.479 e. The van der Waals surface area contributed by atoms with Crippen LogP contribution in [0.2, 0.25) is 0 Å². The lowest BCUT2D eigenvalue weighted by atomic mass is 9.94. The van der Waals surface area contributed by atoms with Crippen LogP contribution in [-0.2, 0) is 14.4 Å². The number of carbonyl (C=O) groups is 3. The topological polar surface area (TPSA) is 74.7 Å². The molecule has 1 N–H and O–H groups in total. The van der Waals surface area contributed by atoms with Gasteiger partial charge in [-0.3, -0.25) is 14.5 Å². The van der Waals surface area contributed by atoms with Crippen LogP contribution in [0.1, 0.15) is 40.5 Å². The molecule has 94 valence electrons. The van der Waals surface area contributed by atoms with Crippen molar-refractivity contribution in [2.75, 3.05) is 0 Å². The highest BCUT2D eigenvalue weighted by Gasteiger charge is 2.49. The number of rotatable bonds is 4. The molecule has 2 amide bonds. The third kappa shape index (κ3) is 1.85. The van der Waals surface area contributed by atoms with Crippen molar-refractivity contribution in [1.29, 1.82) is 0 Å². The van der Waals surface area contributed by atoms with E-state index in [1.54, 1.807) is 13.8 Å². The van der Waals surface area contributed by atoms with Crippen LogP contribution in [0, 0.1) is 0 Å². The Morgan fingerprint density at radius 1 is 1.24 bits per heavy atom. The first-order chi connectivity index (χ1) is 7.77. The van der Waals surface area contributed by atoms with E-state index in [1.807, 2.05) is 6.92 Å². The summed E-state index contributed by atoms with van der Waals surface area (Å²) in [6, 6.07) is 0. The standard InChI is InChI=1S/C12H17NO4/c1-5-6-12(4,11(16)17)13-9(14)7(2)8(3)10(13)15/h5-6H2,1-4H3,(H,16,17). The maximum Gasteiger partial charge on any atom is 0.329 e. The summed E-state index contributed by atoms with van der Waals surface area (Å²) in [7, 11) is 0. The zero-order valence-electron chi connectivity index (χ0n) is 10.5. The number of carbonyl (C=O) groups excluding carboxylic acids is 2. The molecule has 0 bridgehead atoms. The number of hydrogen-bond donors (Lipinski definition) is 1. The van der Waals surface area contributed by atoms with Crippen LogP contribution >= 0.6 is 0 Å². The van der Waals surface area contributed by atoms with Gasteiger partial charge in [0.15, 0.2) is 0 Å². The van der Waals surface area contributed by atoms with Crippen molar-refractivity contribution in [3.8, 4) is 0 Å². The Labute approximate surface area is 100 Å². The maximum atomic E-state index is 11.9. The van der Waals surface area contributed by atoms with Crippen molar-refractivity contribution >= 4 is 17.8 Å². The van der Waals surface area contributed by atoms with Gasteiger partial charge >= 0.3 is 5.97 Å². The molecule has 1 rings (SSSR count). The molecule has 17 heavy (non-hydrogen) atoms. The highest BCUT2D eigenvalue weighted by molar-refractivity contribution is 6.20. The third-order valence-electron chi connectivity index (χ3n) is 3.30. The number of nitrogens with zero attached hydrogens (tertiary/aromatic N) is 1. The van der Waals surface area contributed by atoms with Crippen molar-refractivity contribution in [2.24, 2.45) is 0 Å². The number of carboxylic acids is 1. The molecule has 0 spiro atoms. The molecule has 0 saturated heterocycles. The average Bonchev–Trinajstić information content (AvgIpc) is 2.44. The summed E-state index contributed by atoms with van der Waals surface area (Å²) in [5.74, 6) is -2.14. The van der Waals surface area contributed by atoms with Crippen molar-refractivity contribution in [1.82, 2.24) is 4.90 Å². The van der Waals surface area contributed by atoms with E-state index in [0.717, 1.165) is 4.90 Å². The summed E-state index contributed by atoms with van der Waals surface area (Å²) in [4.78, 5) is 36.1. The van der Waals surface area contributed by atoms with E-state index in [9.17, 15) is 19.5 Å². The van der Waals surface area contributed by atoms with E-state index in [1.165, 1.54) is 6.92 Å². The smallest absolute Gasteiger partial charge is 0.329 e. The van der Waals surface area contributed by atoms with Gasteiger partial charge in [0, 0.05) is 11.1 Å². The number of amides is 2. The average molecular weight is 239 g/mol. The zero-order valence-corrected chi connectivity index (χ0v) is 10.5. The number of imide groups is 1. The van der Waals surface area contributed by atoms with Gasteiger partial charge in [-0.05, 0) is 27.2 Å². The molecule has 5 nitrogen and oxygen atoms in total. The fourth-order valence-electron chi connectivity index (χ4n) is 2.00. The Balaban J connectivity index is 3.21. The first kappa shape index (κ1) is 13.4. The fraction of sp³-hybridized carbons (Fsp3) is 0.583. The quantitative estimate of drug-likeness (QED) is 0.751. The van der Waals surface area contributed by atoms with Crippen LogP contribution < -0.4 is 0 Å². The van der Waals surface area contributed by atoms with Crippen molar-refractivity contribution in [2.45, 2.75) is 46.1 Å². The van der Waals surface area contributed by atoms with Crippen LogP contribution in [0.5, 0.6) is 0 Å². The van der Waals surface area contributed by atoms with Crippen molar-refractivity contribution in [3.05, 3.63) is 11.1 Å². The second-order valence-electron chi connectivity index (χ2n) is 4.52. The van der Waals surface area contributed by atoms with E-state index in [-0.39, 0.29) is 6.42 Å². The SMILES string of the molecule is CCCC(C)(C(=O)O)N1C(=O)C(C)=C(C)C1=O. The first-order valence-corrected chi connectivity index (χ1v) is 5.57. The maximum absolute atomic E-state index is 11.9. The van der Waals surface area contributed by atoms with Gasteiger partial charge < -0.3 is 5.11 Å². The van der Waals surface area contributed by atoms with Gasteiger partial charge in [0.05, 0.1) is 0 Å². The molecule has 1 atom stereocenters. The Bertz CT molecular complexity index is 400. The molecule has 0 radical (unpaired) electrons. The van der Waals surface area contributed by atoms with Crippen LogP contribution in [0.4, 0.5) is 0 Å². The third-order valence-corrected chi connectivity index (χ3v) is 3.30. The Hall–Kier alpha value is -1.65. The molecule has 0 saturated carbocycles. The molecular weight excluding hydrogens is 222 g/mol. The molecule has 1 aliphatic rings. The highest BCUT2D eigenvalue weighted by atomic mass is 16.4. The van der Waals surface area contributed by atoms with Crippen molar-refractivity contribution in [3.63, 3.8) is 0 Å². The Morgan fingerprint density at radius 2 is 1.65 bits per heavy atom. The summed E-state index contributed by atoms with van der Waals surface area (Å²) in [5.41, 5.74) is -0.792. The summed E-state index contributed by atoms with van der Waals surface area (Å²) < 4.78 is 0. The van der Waals surface area contributed by atoms with E-state index in [0.29, 0.717) is 17.6 Å². The van der Waals surface area contributed by atoms with E-state index in [4.69, 9.17) is 0 Å². The number of aliphatic carboxylic acids is 1. The molecule has 1 unspecified atom stereocenters. The van der Waals surface area contributed by atoms with E-state index >= 15 is 0 Å². The summed E-state index contributed by atoms with van der Waals surface area (Å²) in [6.07, 6.45) is 0.832. The molecule has 1 heterocycles. The second kappa shape index (κ2) is 4.31. The highest BCUT2D eigenvalue weighted by Crippen LogP contribution is 2.31. The second-order valence-corrected chi connectivity index (χ2v) is 4.52. The lowest BCUT2D eigenvalue weighted by molar-refractivity contribution is -0.161. The predicted octanol–water partition coefficient (Wildman–Crippen LogP) is 1.33. The van der Waals surface area contributed by atoms with Gasteiger partial charge in [-0.1, -0.05) is 13.3 Å². The predicted molar refractivity (Wildman–Crippen MR) is 61.2 cm³/mol. The molecule has 0 aromatic heterocycles. The minimum absolute atomic E-state index is 0.250. The van der Waals surface area contributed by atoms with Gasteiger partial charge in [-0.15, -0.1) is 0 Å². The van der Waals surface area contributed by atoms with Gasteiger partial charge in [0.2, 0.25) is 0 Å². The minimum atomic E-state index is -1.46. The molecular formula is C12H17NO4. The van der Waals surface area contributed by atoms with Gasteiger partial charge in [0.1, 0.15) is 5.54 Å². The summed E-state index contributed by atoms with van der Waals surface area (Å²) in [5, 5.41) is 9.27. The Kier molecular flexibility index (Phi) is 3.40. The summed E-state index contributed by atoms with van der Waals surface area (Å²) in [6.45, 7) is 6.33. The molecule has 5 heteroatoms.